The lowest BCUT2D eigenvalue weighted by molar-refractivity contribution is -0.383. The van der Waals surface area contributed by atoms with Gasteiger partial charge in [0.05, 0.1) is 24.8 Å². The third-order valence-corrected chi connectivity index (χ3v) is 4.94. The number of nitrogens with zero attached hydrogens (tertiary/aromatic N) is 3. The average molecular weight is 394 g/mol. The molecule has 0 saturated heterocycles. The van der Waals surface area contributed by atoms with Gasteiger partial charge in [-0.25, -0.2) is 0 Å². The molecule has 1 amide bonds. The van der Waals surface area contributed by atoms with Gasteiger partial charge in [0.1, 0.15) is 5.69 Å². The standard InChI is InChI=1S/C20H18N4O5/c1-23-19-12-10-17(29-3)16(28-2)9-11(12)8-13(19)18(22-23)20(25)21-14-6-4-5-7-15(14)24(26)27/h4-7,9-10H,8H2,1-3H3,(H,21,25). The van der Waals surface area contributed by atoms with Crippen molar-refractivity contribution in [2.45, 2.75) is 6.42 Å². The number of fused-ring (bicyclic) bond motifs is 3. The van der Waals surface area contributed by atoms with E-state index in [-0.39, 0.29) is 17.1 Å². The summed E-state index contributed by atoms with van der Waals surface area (Å²) in [5, 5.41) is 18.2. The largest absolute Gasteiger partial charge is 0.493 e. The Morgan fingerprint density at radius 2 is 1.90 bits per heavy atom. The van der Waals surface area contributed by atoms with Crippen LogP contribution in [0.15, 0.2) is 36.4 Å². The van der Waals surface area contributed by atoms with E-state index in [1.165, 1.54) is 12.1 Å². The lowest BCUT2D eigenvalue weighted by atomic mass is 10.1. The van der Waals surface area contributed by atoms with E-state index in [1.54, 1.807) is 38.1 Å². The summed E-state index contributed by atoms with van der Waals surface area (Å²) in [5.74, 6) is 0.701. The summed E-state index contributed by atoms with van der Waals surface area (Å²) in [5.41, 5.74) is 3.66. The number of ether oxygens (including phenoxy) is 2. The number of aryl methyl sites for hydroxylation is 1. The molecule has 0 unspecified atom stereocenters. The molecule has 1 aliphatic rings. The predicted octanol–water partition coefficient (Wildman–Crippen LogP) is 3.17. The highest BCUT2D eigenvalue weighted by atomic mass is 16.6. The Bertz CT molecular complexity index is 1150. The average Bonchev–Trinajstić information content (AvgIpc) is 3.23. The van der Waals surface area contributed by atoms with E-state index < -0.39 is 10.8 Å². The van der Waals surface area contributed by atoms with Crippen molar-refractivity contribution < 1.29 is 19.2 Å². The topological polar surface area (TPSA) is 109 Å². The molecule has 1 N–H and O–H groups in total. The first kappa shape index (κ1) is 18.5. The molecule has 0 radical (unpaired) electrons. The smallest absolute Gasteiger partial charge is 0.292 e. The van der Waals surface area contributed by atoms with E-state index in [2.05, 4.69) is 10.4 Å². The zero-order valence-corrected chi connectivity index (χ0v) is 16.1. The van der Waals surface area contributed by atoms with Crippen LogP contribution in [-0.2, 0) is 13.5 Å². The zero-order chi connectivity index (χ0) is 20.7. The predicted molar refractivity (Wildman–Crippen MR) is 106 cm³/mol. The van der Waals surface area contributed by atoms with E-state index in [4.69, 9.17) is 9.47 Å². The molecule has 3 aromatic rings. The first-order valence-electron chi connectivity index (χ1n) is 8.80. The van der Waals surface area contributed by atoms with Gasteiger partial charge in [-0.05, 0) is 23.8 Å². The minimum absolute atomic E-state index is 0.126. The number of hydrogen-bond donors (Lipinski definition) is 1. The molecule has 9 heteroatoms. The molecular weight excluding hydrogens is 376 g/mol. The third-order valence-electron chi connectivity index (χ3n) is 4.94. The number of methoxy groups -OCH3 is 2. The molecule has 2 aromatic carbocycles. The highest BCUT2D eigenvalue weighted by molar-refractivity contribution is 6.06. The maximum Gasteiger partial charge on any atom is 0.292 e. The Morgan fingerprint density at radius 3 is 2.59 bits per heavy atom. The molecule has 4 rings (SSSR count). The summed E-state index contributed by atoms with van der Waals surface area (Å²) in [7, 11) is 4.89. The van der Waals surface area contributed by atoms with E-state index in [0.29, 0.717) is 17.9 Å². The molecule has 1 aromatic heterocycles. The van der Waals surface area contributed by atoms with Crippen LogP contribution in [0.2, 0.25) is 0 Å². The highest BCUT2D eigenvalue weighted by Gasteiger charge is 2.31. The van der Waals surface area contributed by atoms with Gasteiger partial charge in [-0.3, -0.25) is 19.6 Å². The molecule has 9 nitrogen and oxygen atoms in total. The van der Waals surface area contributed by atoms with Crippen molar-refractivity contribution in [2.75, 3.05) is 19.5 Å². The Kier molecular flexibility index (Phi) is 4.42. The second-order valence-corrected chi connectivity index (χ2v) is 6.57. The van der Waals surface area contributed by atoms with Crippen LogP contribution in [0.25, 0.3) is 11.3 Å². The fraction of sp³-hybridized carbons (Fsp3) is 0.200. The van der Waals surface area contributed by atoms with Gasteiger partial charge in [-0.15, -0.1) is 0 Å². The lowest BCUT2D eigenvalue weighted by Gasteiger charge is -2.11. The van der Waals surface area contributed by atoms with E-state index >= 15 is 0 Å². The maximum absolute atomic E-state index is 12.9. The van der Waals surface area contributed by atoms with Gasteiger partial charge >= 0.3 is 0 Å². The number of aromatic nitrogens is 2. The number of carbonyl (C=O) groups excluding carboxylic acids is 1. The molecule has 0 fully saturated rings. The number of para-hydroxylation sites is 2. The van der Waals surface area contributed by atoms with Crippen molar-refractivity contribution in [3.05, 3.63) is 63.3 Å². The normalized spacial score (nSPS) is 11.6. The number of carbonyl (C=O) groups is 1. The number of nitro groups is 1. The molecular formula is C20H18N4O5. The Hall–Kier alpha value is -3.88. The first-order valence-corrected chi connectivity index (χ1v) is 8.80. The number of rotatable bonds is 5. The van der Waals surface area contributed by atoms with E-state index in [9.17, 15) is 14.9 Å². The summed E-state index contributed by atoms with van der Waals surface area (Å²) in [4.78, 5) is 23.6. The molecule has 1 heterocycles. The van der Waals surface area contributed by atoms with Crippen molar-refractivity contribution in [2.24, 2.45) is 7.05 Å². The van der Waals surface area contributed by atoms with Crippen LogP contribution in [0, 0.1) is 10.1 Å². The summed E-state index contributed by atoms with van der Waals surface area (Å²) in [6.45, 7) is 0. The van der Waals surface area contributed by atoms with Crippen molar-refractivity contribution in [3.63, 3.8) is 0 Å². The van der Waals surface area contributed by atoms with Crippen LogP contribution in [0.4, 0.5) is 11.4 Å². The Labute approximate surface area is 166 Å². The van der Waals surface area contributed by atoms with Gasteiger partial charge in [0, 0.05) is 30.7 Å². The van der Waals surface area contributed by atoms with Gasteiger partial charge in [-0.2, -0.15) is 5.10 Å². The van der Waals surface area contributed by atoms with Gasteiger partial charge in [0.2, 0.25) is 0 Å². The monoisotopic (exact) mass is 394 g/mol. The molecule has 0 atom stereocenters. The number of anilines is 1. The lowest BCUT2D eigenvalue weighted by Crippen LogP contribution is -2.15. The van der Waals surface area contributed by atoms with Gasteiger partial charge in [0.25, 0.3) is 11.6 Å². The number of amides is 1. The van der Waals surface area contributed by atoms with Crippen LogP contribution in [0.5, 0.6) is 11.5 Å². The summed E-state index contributed by atoms with van der Waals surface area (Å²) in [6.07, 6.45) is 0.499. The molecule has 1 aliphatic carbocycles. The van der Waals surface area contributed by atoms with E-state index in [1.807, 2.05) is 12.1 Å². The first-order chi connectivity index (χ1) is 13.9. The van der Waals surface area contributed by atoms with Gasteiger partial charge in [0.15, 0.2) is 17.2 Å². The minimum Gasteiger partial charge on any atom is -0.493 e. The van der Waals surface area contributed by atoms with Crippen LogP contribution in [0.3, 0.4) is 0 Å². The second kappa shape index (κ2) is 6.93. The van der Waals surface area contributed by atoms with Crippen molar-refractivity contribution in [1.29, 1.82) is 0 Å². The van der Waals surface area contributed by atoms with Gasteiger partial charge < -0.3 is 14.8 Å². The third kappa shape index (κ3) is 2.96. The molecule has 0 bridgehead atoms. The van der Waals surface area contributed by atoms with Crippen LogP contribution >= 0.6 is 0 Å². The fourth-order valence-electron chi connectivity index (χ4n) is 3.65. The summed E-state index contributed by atoms with van der Waals surface area (Å²) >= 11 is 0. The zero-order valence-electron chi connectivity index (χ0n) is 16.1. The molecule has 0 saturated carbocycles. The van der Waals surface area contributed by atoms with Crippen molar-refractivity contribution in [3.8, 4) is 22.8 Å². The number of nitro benzene ring substituents is 1. The Morgan fingerprint density at radius 1 is 1.21 bits per heavy atom. The summed E-state index contributed by atoms with van der Waals surface area (Å²) < 4.78 is 12.4. The van der Waals surface area contributed by atoms with E-state index in [0.717, 1.165) is 22.4 Å². The molecule has 0 aliphatic heterocycles. The van der Waals surface area contributed by atoms with Crippen LogP contribution < -0.4 is 14.8 Å². The number of hydrogen-bond acceptors (Lipinski definition) is 6. The number of benzene rings is 2. The van der Waals surface area contributed by atoms with Crippen LogP contribution in [0.1, 0.15) is 21.6 Å². The second-order valence-electron chi connectivity index (χ2n) is 6.57. The maximum atomic E-state index is 12.9. The highest BCUT2D eigenvalue weighted by Crippen LogP contribution is 2.43. The molecule has 29 heavy (non-hydrogen) atoms. The molecule has 148 valence electrons. The quantitative estimate of drug-likeness (QED) is 0.411. The fourth-order valence-corrected chi connectivity index (χ4v) is 3.65. The van der Waals surface area contributed by atoms with Crippen molar-refractivity contribution in [1.82, 2.24) is 9.78 Å². The Balaban J connectivity index is 1.73. The summed E-state index contributed by atoms with van der Waals surface area (Å²) in [6, 6.07) is 9.75. The number of nitrogens with one attached hydrogen (secondary N) is 1. The van der Waals surface area contributed by atoms with Crippen molar-refractivity contribution >= 4 is 17.3 Å². The van der Waals surface area contributed by atoms with Gasteiger partial charge in [-0.1, -0.05) is 12.1 Å². The minimum atomic E-state index is -0.535. The molecule has 0 spiro atoms. The SMILES string of the molecule is COc1cc2c(cc1OC)-c1c(c(C(=O)Nc3ccccc3[N+](=O)[O-])nn1C)C2. The van der Waals surface area contributed by atoms with Crippen LogP contribution in [-0.4, -0.2) is 34.8 Å².